The van der Waals surface area contributed by atoms with Gasteiger partial charge < -0.3 is 14.6 Å². The quantitative estimate of drug-likeness (QED) is 0.671. The smallest absolute Gasteiger partial charge is 0.305 e. The molecule has 0 aromatic heterocycles. The number of aryl methyl sites for hydroxylation is 1. The molecule has 1 aliphatic carbocycles. The fourth-order valence-corrected chi connectivity index (χ4v) is 3.75. The van der Waals surface area contributed by atoms with Crippen LogP contribution in [0.15, 0.2) is 30.9 Å². The first-order valence-corrected chi connectivity index (χ1v) is 7.81. The van der Waals surface area contributed by atoms with Crippen LogP contribution in [0.5, 0.6) is 5.75 Å². The number of rotatable bonds is 5. The fraction of sp³-hybridized carbons (Fsp3) is 0.500. The maximum atomic E-state index is 11.2. The maximum Gasteiger partial charge on any atom is 0.305 e. The standard InChI is InChI=1S/C18H22O4/c1-3-12-14(19)10-15-17(12)13-8-4-6-11(18(13)22-15)7-5-9-16(20)21-2/h3-4,6,8,12,14-15,17,19H,1,5,7,9-10H2,2H3. The Morgan fingerprint density at radius 1 is 1.55 bits per heavy atom. The maximum absolute atomic E-state index is 11.2. The first-order chi connectivity index (χ1) is 10.7. The molecule has 0 bridgehead atoms. The van der Waals surface area contributed by atoms with Gasteiger partial charge in [-0.05, 0) is 18.4 Å². The van der Waals surface area contributed by atoms with Crippen LogP contribution >= 0.6 is 0 Å². The van der Waals surface area contributed by atoms with Crippen LogP contribution in [0.25, 0.3) is 0 Å². The molecule has 1 aromatic rings. The summed E-state index contributed by atoms with van der Waals surface area (Å²) >= 11 is 0. The van der Waals surface area contributed by atoms with Gasteiger partial charge in [-0.3, -0.25) is 4.79 Å². The van der Waals surface area contributed by atoms with Crippen LogP contribution in [-0.4, -0.2) is 30.4 Å². The van der Waals surface area contributed by atoms with Gasteiger partial charge in [-0.25, -0.2) is 0 Å². The molecule has 0 spiro atoms. The van der Waals surface area contributed by atoms with Gasteiger partial charge in [-0.1, -0.05) is 24.3 Å². The van der Waals surface area contributed by atoms with Crippen LogP contribution < -0.4 is 4.74 Å². The average Bonchev–Trinajstić information content (AvgIpc) is 3.02. The molecule has 1 fully saturated rings. The number of ether oxygens (including phenoxy) is 2. The van der Waals surface area contributed by atoms with Crippen LogP contribution in [0.4, 0.5) is 0 Å². The van der Waals surface area contributed by atoms with Crippen LogP contribution in [0, 0.1) is 5.92 Å². The van der Waals surface area contributed by atoms with Crippen molar-refractivity contribution < 1.29 is 19.4 Å². The Kier molecular flexibility index (Phi) is 4.21. The molecule has 4 nitrogen and oxygen atoms in total. The van der Waals surface area contributed by atoms with E-state index in [4.69, 9.17) is 4.74 Å². The van der Waals surface area contributed by atoms with Crippen LogP contribution in [0.3, 0.4) is 0 Å². The Balaban J connectivity index is 1.78. The number of carbonyl (C=O) groups excluding carboxylic acids is 1. The highest BCUT2D eigenvalue weighted by Crippen LogP contribution is 2.51. The Hall–Kier alpha value is -1.81. The molecule has 2 aliphatic rings. The van der Waals surface area contributed by atoms with Gasteiger partial charge in [0.15, 0.2) is 0 Å². The molecule has 1 N–H and O–H groups in total. The summed E-state index contributed by atoms with van der Waals surface area (Å²) in [7, 11) is 1.41. The summed E-state index contributed by atoms with van der Waals surface area (Å²) in [5.74, 6) is 1.01. The highest BCUT2D eigenvalue weighted by Gasteiger charge is 2.48. The van der Waals surface area contributed by atoms with Gasteiger partial charge >= 0.3 is 5.97 Å². The molecule has 1 saturated carbocycles. The second kappa shape index (κ2) is 6.13. The zero-order valence-corrected chi connectivity index (χ0v) is 12.8. The molecule has 1 heterocycles. The number of fused-ring (bicyclic) bond motifs is 3. The van der Waals surface area contributed by atoms with Gasteiger partial charge in [0.25, 0.3) is 0 Å². The molecule has 1 aliphatic heterocycles. The number of hydrogen-bond donors (Lipinski definition) is 1. The Morgan fingerprint density at radius 2 is 2.36 bits per heavy atom. The molecule has 3 rings (SSSR count). The summed E-state index contributed by atoms with van der Waals surface area (Å²) in [6.07, 6.45) is 4.11. The molecule has 0 amide bonds. The summed E-state index contributed by atoms with van der Waals surface area (Å²) in [4.78, 5) is 11.2. The molecule has 4 heteroatoms. The third-order valence-corrected chi connectivity index (χ3v) is 4.82. The minimum atomic E-state index is -0.372. The molecule has 0 saturated heterocycles. The van der Waals surface area contributed by atoms with Crippen molar-refractivity contribution in [2.75, 3.05) is 7.11 Å². The Morgan fingerprint density at radius 3 is 3.09 bits per heavy atom. The zero-order valence-electron chi connectivity index (χ0n) is 12.8. The molecule has 118 valence electrons. The first kappa shape index (κ1) is 15.1. The van der Waals surface area contributed by atoms with Gasteiger partial charge in [0.05, 0.1) is 13.2 Å². The van der Waals surface area contributed by atoms with E-state index in [1.807, 2.05) is 12.1 Å². The van der Waals surface area contributed by atoms with Crippen molar-refractivity contribution in [3.05, 3.63) is 42.0 Å². The number of carbonyl (C=O) groups is 1. The zero-order chi connectivity index (χ0) is 15.7. The topological polar surface area (TPSA) is 55.8 Å². The van der Waals surface area contributed by atoms with Crippen molar-refractivity contribution in [3.8, 4) is 5.75 Å². The van der Waals surface area contributed by atoms with Crippen LogP contribution in [-0.2, 0) is 16.0 Å². The van der Waals surface area contributed by atoms with Crippen molar-refractivity contribution in [1.82, 2.24) is 0 Å². The van der Waals surface area contributed by atoms with Crippen molar-refractivity contribution in [2.45, 2.75) is 43.8 Å². The van der Waals surface area contributed by atoms with Crippen molar-refractivity contribution in [2.24, 2.45) is 5.92 Å². The van der Waals surface area contributed by atoms with Crippen LogP contribution in [0.1, 0.15) is 36.3 Å². The van der Waals surface area contributed by atoms with Gasteiger partial charge in [0, 0.05) is 30.2 Å². The summed E-state index contributed by atoms with van der Waals surface area (Å²) in [5.41, 5.74) is 2.30. The number of aliphatic hydroxyl groups excluding tert-OH is 1. The van der Waals surface area contributed by atoms with E-state index >= 15 is 0 Å². The normalized spacial score (nSPS) is 28.6. The highest BCUT2D eigenvalue weighted by atomic mass is 16.5. The lowest BCUT2D eigenvalue weighted by atomic mass is 9.87. The van der Waals surface area contributed by atoms with E-state index in [1.165, 1.54) is 12.7 Å². The second-order valence-corrected chi connectivity index (χ2v) is 6.06. The molecule has 0 radical (unpaired) electrons. The molecular formula is C18H22O4. The monoisotopic (exact) mass is 302 g/mol. The predicted octanol–water partition coefficient (Wildman–Crippen LogP) is 2.59. The van der Waals surface area contributed by atoms with E-state index in [2.05, 4.69) is 23.4 Å². The number of aliphatic hydroxyl groups is 1. The van der Waals surface area contributed by atoms with Gasteiger partial charge in [-0.2, -0.15) is 0 Å². The first-order valence-electron chi connectivity index (χ1n) is 7.81. The van der Waals surface area contributed by atoms with Gasteiger partial charge in [0.1, 0.15) is 11.9 Å². The van der Waals surface area contributed by atoms with Crippen LogP contribution in [0.2, 0.25) is 0 Å². The average molecular weight is 302 g/mol. The Bertz CT molecular complexity index is 580. The van der Waals surface area contributed by atoms with E-state index in [0.717, 1.165) is 24.2 Å². The van der Waals surface area contributed by atoms with Crippen molar-refractivity contribution in [3.63, 3.8) is 0 Å². The molecule has 4 unspecified atom stereocenters. The summed E-state index contributed by atoms with van der Waals surface area (Å²) in [5, 5.41) is 10.1. The fourth-order valence-electron chi connectivity index (χ4n) is 3.75. The number of esters is 1. The third kappa shape index (κ3) is 2.52. The van der Waals surface area contributed by atoms with Gasteiger partial charge in [0.2, 0.25) is 0 Å². The largest absolute Gasteiger partial charge is 0.489 e. The Labute approximate surface area is 130 Å². The third-order valence-electron chi connectivity index (χ3n) is 4.82. The predicted molar refractivity (Wildman–Crippen MR) is 82.9 cm³/mol. The lowest BCUT2D eigenvalue weighted by Gasteiger charge is -2.16. The lowest BCUT2D eigenvalue weighted by molar-refractivity contribution is -0.140. The minimum absolute atomic E-state index is 0.0368. The minimum Gasteiger partial charge on any atom is -0.489 e. The van der Waals surface area contributed by atoms with E-state index in [9.17, 15) is 9.90 Å². The summed E-state index contributed by atoms with van der Waals surface area (Å²) in [6.45, 7) is 3.86. The van der Waals surface area contributed by atoms with Crippen molar-refractivity contribution >= 4 is 5.97 Å². The lowest BCUT2D eigenvalue weighted by Crippen LogP contribution is -2.15. The summed E-state index contributed by atoms with van der Waals surface area (Å²) in [6, 6.07) is 6.16. The molecular weight excluding hydrogens is 280 g/mol. The number of para-hydroxylation sites is 1. The van der Waals surface area contributed by atoms with Gasteiger partial charge in [-0.15, -0.1) is 6.58 Å². The second-order valence-electron chi connectivity index (χ2n) is 6.06. The molecule has 22 heavy (non-hydrogen) atoms. The SMILES string of the molecule is C=CC1C(O)CC2Oc3c(CCCC(=O)OC)cccc3C21. The van der Waals surface area contributed by atoms with E-state index in [0.29, 0.717) is 12.8 Å². The van der Waals surface area contributed by atoms with E-state index in [-0.39, 0.29) is 30.0 Å². The van der Waals surface area contributed by atoms with Crippen molar-refractivity contribution in [1.29, 1.82) is 0 Å². The summed E-state index contributed by atoms with van der Waals surface area (Å²) < 4.78 is 10.8. The number of hydrogen-bond acceptors (Lipinski definition) is 4. The number of methoxy groups -OCH3 is 1. The van der Waals surface area contributed by atoms with E-state index in [1.54, 1.807) is 0 Å². The highest BCUT2D eigenvalue weighted by molar-refractivity contribution is 5.69. The number of benzene rings is 1. The van der Waals surface area contributed by atoms with E-state index < -0.39 is 0 Å². The molecule has 1 aromatic carbocycles. The molecule has 4 atom stereocenters.